The zero-order valence-corrected chi connectivity index (χ0v) is 18.3. The molecule has 0 bridgehead atoms. The van der Waals surface area contributed by atoms with Crippen molar-refractivity contribution in [3.8, 4) is 0 Å². The Kier molecular flexibility index (Phi) is 6.47. The van der Waals surface area contributed by atoms with E-state index in [2.05, 4.69) is 30.2 Å². The molecule has 1 unspecified atom stereocenters. The quantitative estimate of drug-likeness (QED) is 0.716. The Labute approximate surface area is 176 Å². The first-order valence-electron chi connectivity index (χ1n) is 9.67. The number of thioether (sulfide) groups is 1. The Balaban J connectivity index is 1.98. The van der Waals surface area contributed by atoms with Crippen molar-refractivity contribution in [2.24, 2.45) is 10.9 Å². The van der Waals surface area contributed by atoms with Gasteiger partial charge in [0.15, 0.2) is 5.17 Å². The van der Waals surface area contributed by atoms with Gasteiger partial charge in [0.25, 0.3) is 0 Å². The lowest BCUT2D eigenvalue weighted by Gasteiger charge is -2.36. The molecule has 1 aromatic rings. The number of rotatable bonds is 6. The van der Waals surface area contributed by atoms with Crippen LogP contribution in [-0.4, -0.2) is 35.6 Å². The predicted octanol–water partition coefficient (Wildman–Crippen LogP) is 3.91. The van der Waals surface area contributed by atoms with E-state index in [1.54, 1.807) is 0 Å². The second-order valence-corrected chi connectivity index (χ2v) is 8.51. The van der Waals surface area contributed by atoms with Crippen LogP contribution < -0.4 is 5.32 Å². The van der Waals surface area contributed by atoms with Crippen molar-refractivity contribution in [2.75, 3.05) is 13.7 Å². The fraction of sp³-hybridized carbons (Fsp3) is 0.409. The molecule has 2 aliphatic heterocycles. The van der Waals surface area contributed by atoms with E-state index in [1.165, 1.54) is 18.9 Å². The van der Waals surface area contributed by atoms with Gasteiger partial charge in [-0.1, -0.05) is 55.4 Å². The van der Waals surface area contributed by atoms with Gasteiger partial charge in [-0.25, -0.2) is 9.79 Å². The average Bonchev–Trinajstić information content (AvgIpc) is 3.06. The second kappa shape index (κ2) is 8.86. The minimum atomic E-state index is -0.405. The standard InChI is InChI=1S/C22H27N3O3S/c1-13(2)11-23-18(26)10-17-12-29-22-24-15(4)19(21(27)28-5)20(25(17)22)16-8-6-7-14(3)9-16/h6-9,12-13,20H,10-11H2,1-5H3,(H,23,26). The topological polar surface area (TPSA) is 71.0 Å². The number of allylic oxidation sites excluding steroid dienone is 1. The zero-order chi connectivity index (χ0) is 21.1. The van der Waals surface area contributed by atoms with Gasteiger partial charge in [0.1, 0.15) is 0 Å². The Bertz CT molecular complexity index is 918. The molecule has 1 atom stereocenters. The number of nitrogens with one attached hydrogen (secondary N) is 1. The number of aliphatic imine (C=N–C) groups is 1. The van der Waals surface area contributed by atoms with Crippen LogP contribution in [0.4, 0.5) is 0 Å². The third-order valence-electron chi connectivity index (χ3n) is 4.81. The van der Waals surface area contributed by atoms with Crippen molar-refractivity contribution in [2.45, 2.75) is 40.2 Å². The molecule has 2 aliphatic rings. The lowest BCUT2D eigenvalue weighted by Crippen LogP contribution is -2.38. The molecule has 7 heteroatoms. The molecule has 0 fully saturated rings. The number of amides is 1. The van der Waals surface area contributed by atoms with Gasteiger partial charge in [-0.3, -0.25) is 4.79 Å². The van der Waals surface area contributed by atoms with Crippen molar-refractivity contribution >= 4 is 28.8 Å². The third-order valence-corrected chi connectivity index (χ3v) is 5.70. The van der Waals surface area contributed by atoms with E-state index in [-0.39, 0.29) is 18.4 Å². The van der Waals surface area contributed by atoms with Crippen molar-refractivity contribution < 1.29 is 14.3 Å². The molecule has 1 aromatic carbocycles. The van der Waals surface area contributed by atoms with E-state index < -0.39 is 5.97 Å². The van der Waals surface area contributed by atoms with Crippen molar-refractivity contribution in [1.29, 1.82) is 0 Å². The number of amidine groups is 1. The molecule has 0 radical (unpaired) electrons. The molecule has 0 aliphatic carbocycles. The highest BCUT2D eigenvalue weighted by Crippen LogP contribution is 2.44. The SMILES string of the molecule is COC(=O)C1=C(C)N=C2SC=C(CC(=O)NCC(C)C)N2C1c1cccc(C)c1. The van der Waals surface area contributed by atoms with Gasteiger partial charge in [-0.05, 0) is 30.7 Å². The molecular formula is C22H27N3O3S. The van der Waals surface area contributed by atoms with E-state index in [1.807, 2.05) is 42.4 Å². The lowest BCUT2D eigenvalue weighted by atomic mass is 9.93. The summed E-state index contributed by atoms with van der Waals surface area (Å²) in [5.41, 5.74) is 4.03. The number of hydrogen-bond acceptors (Lipinski definition) is 6. The monoisotopic (exact) mass is 413 g/mol. The molecule has 6 nitrogen and oxygen atoms in total. The highest BCUT2D eigenvalue weighted by Gasteiger charge is 2.40. The summed E-state index contributed by atoms with van der Waals surface area (Å²) in [6, 6.07) is 7.67. The fourth-order valence-corrected chi connectivity index (χ4v) is 4.41. The first-order chi connectivity index (χ1) is 13.8. The van der Waals surface area contributed by atoms with Gasteiger partial charge < -0.3 is 15.0 Å². The molecule has 0 spiro atoms. The van der Waals surface area contributed by atoms with Crippen LogP contribution in [0.5, 0.6) is 0 Å². The first kappa shape index (κ1) is 21.2. The number of esters is 1. The molecule has 1 N–H and O–H groups in total. The minimum Gasteiger partial charge on any atom is -0.466 e. The number of hydrogen-bond donors (Lipinski definition) is 1. The number of carbonyl (C=O) groups excluding carboxylic acids is 2. The predicted molar refractivity (Wildman–Crippen MR) is 116 cm³/mol. The molecule has 0 aromatic heterocycles. The van der Waals surface area contributed by atoms with Crippen molar-refractivity contribution in [3.05, 3.63) is 57.8 Å². The Morgan fingerprint density at radius 2 is 2.07 bits per heavy atom. The molecule has 29 heavy (non-hydrogen) atoms. The van der Waals surface area contributed by atoms with Crippen molar-refractivity contribution in [3.63, 3.8) is 0 Å². The minimum absolute atomic E-state index is 0.0410. The van der Waals surface area contributed by atoms with E-state index in [0.29, 0.717) is 23.7 Å². The number of carbonyl (C=O) groups is 2. The summed E-state index contributed by atoms with van der Waals surface area (Å²) in [5.74, 6) is -0.0625. The second-order valence-electron chi connectivity index (χ2n) is 7.67. The van der Waals surface area contributed by atoms with Crippen LogP contribution in [0.3, 0.4) is 0 Å². The summed E-state index contributed by atoms with van der Waals surface area (Å²) in [6.07, 6.45) is 0.231. The summed E-state index contributed by atoms with van der Waals surface area (Å²) in [4.78, 5) is 31.8. The van der Waals surface area contributed by atoms with Crippen LogP contribution in [0.15, 0.2) is 51.6 Å². The largest absolute Gasteiger partial charge is 0.466 e. The number of methoxy groups -OCH3 is 1. The average molecular weight is 414 g/mol. The smallest absolute Gasteiger partial charge is 0.338 e. The normalized spacial score (nSPS) is 18.4. The van der Waals surface area contributed by atoms with Crippen LogP contribution in [0.1, 0.15) is 44.4 Å². The molecular weight excluding hydrogens is 386 g/mol. The van der Waals surface area contributed by atoms with Gasteiger partial charge in [0, 0.05) is 12.2 Å². The number of fused-ring (bicyclic) bond motifs is 1. The maximum atomic E-state index is 12.7. The number of nitrogens with zero attached hydrogens (tertiary/aromatic N) is 2. The van der Waals surface area contributed by atoms with Gasteiger partial charge in [0.2, 0.25) is 5.91 Å². The molecule has 1 amide bonds. The van der Waals surface area contributed by atoms with Crippen molar-refractivity contribution in [1.82, 2.24) is 10.2 Å². The van der Waals surface area contributed by atoms with E-state index in [4.69, 9.17) is 4.74 Å². The first-order valence-corrected chi connectivity index (χ1v) is 10.6. The Morgan fingerprint density at radius 1 is 1.31 bits per heavy atom. The molecule has 0 saturated carbocycles. The summed E-state index contributed by atoms with van der Waals surface area (Å²) < 4.78 is 5.07. The van der Waals surface area contributed by atoms with E-state index >= 15 is 0 Å². The number of benzene rings is 1. The summed E-state index contributed by atoms with van der Waals surface area (Å²) in [5, 5.41) is 5.68. The number of aryl methyl sites for hydroxylation is 1. The summed E-state index contributed by atoms with van der Waals surface area (Å²) in [7, 11) is 1.38. The Morgan fingerprint density at radius 3 is 2.72 bits per heavy atom. The number of ether oxygens (including phenoxy) is 1. The fourth-order valence-electron chi connectivity index (χ4n) is 3.44. The molecule has 3 rings (SSSR count). The Hall–Kier alpha value is -2.54. The van der Waals surface area contributed by atoms with Gasteiger partial charge in [-0.2, -0.15) is 0 Å². The molecule has 2 heterocycles. The molecule has 154 valence electrons. The third kappa shape index (κ3) is 4.56. The van der Waals surface area contributed by atoms with Gasteiger partial charge >= 0.3 is 5.97 Å². The van der Waals surface area contributed by atoms with Crippen LogP contribution >= 0.6 is 11.8 Å². The lowest BCUT2D eigenvalue weighted by molar-refractivity contribution is -0.136. The summed E-state index contributed by atoms with van der Waals surface area (Å²) >= 11 is 1.48. The van der Waals surface area contributed by atoms with Crippen LogP contribution in [0.25, 0.3) is 0 Å². The molecule has 0 saturated heterocycles. The maximum Gasteiger partial charge on any atom is 0.338 e. The summed E-state index contributed by atoms with van der Waals surface area (Å²) in [6.45, 7) is 8.60. The van der Waals surface area contributed by atoms with Crippen LogP contribution in [0, 0.1) is 12.8 Å². The van der Waals surface area contributed by atoms with Crippen LogP contribution in [-0.2, 0) is 14.3 Å². The van der Waals surface area contributed by atoms with Crippen LogP contribution in [0.2, 0.25) is 0 Å². The van der Waals surface area contributed by atoms with Gasteiger partial charge in [-0.15, -0.1) is 0 Å². The highest BCUT2D eigenvalue weighted by molar-refractivity contribution is 8.16. The van der Waals surface area contributed by atoms with E-state index in [0.717, 1.165) is 22.0 Å². The zero-order valence-electron chi connectivity index (χ0n) is 17.5. The van der Waals surface area contributed by atoms with Gasteiger partial charge in [0.05, 0.1) is 30.8 Å². The van der Waals surface area contributed by atoms with E-state index in [9.17, 15) is 9.59 Å². The maximum absolute atomic E-state index is 12.7. The highest BCUT2D eigenvalue weighted by atomic mass is 32.2.